The lowest BCUT2D eigenvalue weighted by atomic mass is 10.1. The molecule has 3 amide bonds. The molecule has 2 N–H and O–H groups in total. The number of fused-ring (bicyclic) bond motifs is 1. The van der Waals surface area contributed by atoms with E-state index in [9.17, 15) is 14.0 Å². The average molecular weight is 474 g/mol. The van der Waals surface area contributed by atoms with E-state index in [-0.39, 0.29) is 11.4 Å². The summed E-state index contributed by atoms with van der Waals surface area (Å²) in [6.45, 7) is 1.76. The van der Waals surface area contributed by atoms with Crippen LogP contribution in [0.1, 0.15) is 15.9 Å². The van der Waals surface area contributed by atoms with E-state index >= 15 is 0 Å². The molecular weight excluding hydrogens is 451 g/mol. The monoisotopic (exact) mass is 474 g/mol. The summed E-state index contributed by atoms with van der Waals surface area (Å²) >= 11 is 0. The molecule has 35 heavy (non-hydrogen) atoms. The zero-order chi connectivity index (χ0) is 24.9. The molecule has 7 nitrogen and oxygen atoms in total. The fourth-order valence-electron chi connectivity index (χ4n) is 3.60. The zero-order valence-electron chi connectivity index (χ0n) is 19.3. The molecule has 0 aliphatic heterocycles. The van der Waals surface area contributed by atoms with Crippen LogP contribution in [0.25, 0.3) is 10.8 Å². The molecule has 0 fully saturated rings. The number of amides is 3. The summed E-state index contributed by atoms with van der Waals surface area (Å²) in [5.74, 6) is 0.534. The molecule has 0 bridgehead atoms. The minimum Gasteiger partial charge on any atom is -0.493 e. The number of nitrogens with one attached hydrogen (secondary N) is 2. The average Bonchev–Trinajstić information content (AvgIpc) is 2.85. The van der Waals surface area contributed by atoms with Crippen LogP contribution in [0.5, 0.6) is 23.0 Å². The molecule has 0 aromatic heterocycles. The summed E-state index contributed by atoms with van der Waals surface area (Å²) in [6, 6.07) is 19.1. The molecular formula is C27H23FN2O5. The lowest BCUT2D eigenvalue weighted by molar-refractivity contribution is 0.0966. The number of methoxy groups -OCH3 is 2. The van der Waals surface area contributed by atoms with E-state index in [0.717, 1.165) is 22.4 Å². The van der Waals surface area contributed by atoms with Crippen molar-refractivity contribution in [3.8, 4) is 23.0 Å². The Morgan fingerprint density at radius 2 is 1.57 bits per heavy atom. The van der Waals surface area contributed by atoms with Crippen molar-refractivity contribution in [1.82, 2.24) is 5.32 Å². The van der Waals surface area contributed by atoms with E-state index in [1.807, 2.05) is 18.2 Å². The number of anilines is 1. The second-order valence-electron chi connectivity index (χ2n) is 7.65. The van der Waals surface area contributed by atoms with Crippen molar-refractivity contribution in [2.75, 3.05) is 19.5 Å². The molecule has 0 unspecified atom stereocenters. The first-order valence-electron chi connectivity index (χ1n) is 10.7. The predicted molar refractivity (Wildman–Crippen MR) is 131 cm³/mol. The van der Waals surface area contributed by atoms with Gasteiger partial charge in [0.1, 0.15) is 17.3 Å². The van der Waals surface area contributed by atoms with E-state index in [2.05, 4.69) is 10.6 Å². The SMILES string of the molecule is COc1cc2cccc(Oc3ccc(NC(=O)NC(=O)c4ccccc4C)c(F)c3)c2cc1OC. The van der Waals surface area contributed by atoms with Crippen LogP contribution < -0.4 is 24.8 Å². The minimum atomic E-state index is -0.846. The number of aryl methyl sites for hydroxylation is 1. The molecule has 0 atom stereocenters. The molecule has 178 valence electrons. The van der Waals surface area contributed by atoms with Gasteiger partial charge in [-0.3, -0.25) is 10.1 Å². The molecule has 0 radical (unpaired) electrons. The lowest BCUT2D eigenvalue weighted by Gasteiger charge is -2.14. The van der Waals surface area contributed by atoms with E-state index < -0.39 is 17.8 Å². The van der Waals surface area contributed by atoms with Crippen LogP contribution in [0.4, 0.5) is 14.9 Å². The van der Waals surface area contributed by atoms with Crippen LogP contribution in [-0.2, 0) is 0 Å². The van der Waals surface area contributed by atoms with Crippen LogP contribution in [0.3, 0.4) is 0 Å². The van der Waals surface area contributed by atoms with E-state index in [0.29, 0.717) is 22.8 Å². The Hall–Kier alpha value is -4.59. The van der Waals surface area contributed by atoms with Gasteiger partial charge in [0.2, 0.25) is 0 Å². The largest absolute Gasteiger partial charge is 0.493 e. The number of carbonyl (C=O) groups is 2. The summed E-state index contributed by atoms with van der Waals surface area (Å²) in [7, 11) is 3.10. The first-order chi connectivity index (χ1) is 16.9. The quantitative estimate of drug-likeness (QED) is 0.355. The smallest absolute Gasteiger partial charge is 0.326 e. The number of halogens is 1. The van der Waals surface area contributed by atoms with Crippen molar-refractivity contribution in [3.05, 3.63) is 89.7 Å². The van der Waals surface area contributed by atoms with Gasteiger partial charge in [-0.25, -0.2) is 9.18 Å². The molecule has 0 spiro atoms. The number of hydrogen-bond acceptors (Lipinski definition) is 5. The summed E-state index contributed by atoms with van der Waals surface area (Å²) in [6.07, 6.45) is 0. The van der Waals surface area contributed by atoms with Crippen molar-refractivity contribution in [1.29, 1.82) is 0 Å². The Labute approximate surface area is 201 Å². The highest BCUT2D eigenvalue weighted by Gasteiger charge is 2.15. The summed E-state index contributed by atoms with van der Waals surface area (Å²) in [5.41, 5.74) is 0.975. The number of benzene rings is 4. The molecule has 0 heterocycles. The standard InChI is InChI=1S/C27H23FN2O5/c1-16-7-4-5-9-19(16)26(31)30-27(32)29-22-12-11-18(14-21(22)28)35-23-10-6-8-17-13-24(33-2)25(34-3)15-20(17)23/h4-15H,1-3H3,(H2,29,30,31,32). The Morgan fingerprint density at radius 1 is 0.829 bits per heavy atom. The third-order valence-electron chi connectivity index (χ3n) is 5.38. The Bertz CT molecular complexity index is 1420. The third kappa shape index (κ3) is 5.16. The number of imide groups is 1. The van der Waals surface area contributed by atoms with Crippen LogP contribution >= 0.6 is 0 Å². The number of carbonyl (C=O) groups excluding carboxylic acids is 2. The fourth-order valence-corrected chi connectivity index (χ4v) is 3.60. The molecule has 4 aromatic carbocycles. The van der Waals surface area contributed by atoms with Gasteiger partial charge in [-0.15, -0.1) is 0 Å². The minimum absolute atomic E-state index is 0.100. The predicted octanol–water partition coefficient (Wildman–Crippen LogP) is 6.06. The second kappa shape index (κ2) is 10.1. The molecule has 0 aliphatic carbocycles. The van der Waals surface area contributed by atoms with Gasteiger partial charge in [0.05, 0.1) is 19.9 Å². The van der Waals surface area contributed by atoms with Crippen molar-refractivity contribution in [2.24, 2.45) is 0 Å². The van der Waals surface area contributed by atoms with E-state index in [1.165, 1.54) is 12.1 Å². The van der Waals surface area contributed by atoms with Gasteiger partial charge in [0.25, 0.3) is 5.91 Å². The maximum atomic E-state index is 14.7. The van der Waals surface area contributed by atoms with Crippen LogP contribution in [-0.4, -0.2) is 26.2 Å². The molecule has 0 saturated carbocycles. The fraction of sp³-hybridized carbons (Fsp3) is 0.111. The normalized spacial score (nSPS) is 10.5. The second-order valence-corrected chi connectivity index (χ2v) is 7.65. The van der Waals surface area contributed by atoms with Gasteiger partial charge >= 0.3 is 6.03 Å². The van der Waals surface area contributed by atoms with Gasteiger partial charge in [-0.2, -0.15) is 0 Å². The van der Waals surface area contributed by atoms with Gasteiger partial charge < -0.3 is 19.5 Å². The molecule has 8 heteroatoms. The Morgan fingerprint density at radius 3 is 2.29 bits per heavy atom. The van der Waals surface area contributed by atoms with Crippen molar-refractivity contribution >= 4 is 28.4 Å². The maximum Gasteiger partial charge on any atom is 0.326 e. The number of rotatable bonds is 6. The highest BCUT2D eigenvalue weighted by Crippen LogP contribution is 2.38. The lowest BCUT2D eigenvalue weighted by Crippen LogP contribution is -2.34. The van der Waals surface area contributed by atoms with Gasteiger partial charge in [0, 0.05) is 17.0 Å². The Balaban J connectivity index is 1.50. The van der Waals surface area contributed by atoms with Crippen molar-refractivity contribution < 1.29 is 28.2 Å². The first kappa shape index (κ1) is 23.6. The molecule has 4 rings (SSSR count). The van der Waals surface area contributed by atoms with E-state index in [4.69, 9.17) is 14.2 Å². The topological polar surface area (TPSA) is 85.9 Å². The van der Waals surface area contributed by atoms with Gasteiger partial charge in [-0.1, -0.05) is 30.3 Å². The molecule has 0 saturated heterocycles. The van der Waals surface area contributed by atoms with Crippen molar-refractivity contribution in [2.45, 2.75) is 6.92 Å². The van der Waals surface area contributed by atoms with Crippen LogP contribution in [0.15, 0.2) is 72.8 Å². The summed E-state index contributed by atoms with van der Waals surface area (Å²) in [5, 5.41) is 6.15. The van der Waals surface area contributed by atoms with Crippen LogP contribution in [0.2, 0.25) is 0 Å². The number of ether oxygens (including phenoxy) is 3. The molecule has 4 aromatic rings. The number of urea groups is 1. The highest BCUT2D eigenvalue weighted by molar-refractivity contribution is 6.08. The van der Waals surface area contributed by atoms with Crippen molar-refractivity contribution in [3.63, 3.8) is 0 Å². The summed E-state index contributed by atoms with van der Waals surface area (Å²) < 4.78 is 31.4. The van der Waals surface area contributed by atoms with Gasteiger partial charge in [0.15, 0.2) is 11.5 Å². The summed E-state index contributed by atoms with van der Waals surface area (Å²) in [4.78, 5) is 24.5. The molecule has 0 aliphatic rings. The van der Waals surface area contributed by atoms with Gasteiger partial charge in [-0.05, 0) is 54.3 Å². The first-order valence-corrected chi connectivity index (χ1v) is 10.7. The number of hydrogen-bond donors (Lipinski definition) is 2. The maximum absolute atomic E-state index is 14.7. The highest BCUT2D eigenvalue weighted by atomic mass is 19.1. The third-order valence-corrected chi connectivity index (χ3v) is 5.38. The zero-order valence-corrected chi connectivity index (χ0v) is 19.3. The Kier molecular flexibility index (Phi) is 6.82. The van der Waals surface area contributed by atoms with E-state index in [1.54, 1.807) is 57.5 Å². The van der Waals surface area contributed by atoms with Crippen LogP contribution in [0, 0.1) is 12.7 Å².